The summed E-state index contributed by atoms with van der Waals surface area (Å²) in [5.41, 5.74) is -1.01. The summed E-state index contributed by atoms with van der Waals surface area (Å²) in [5, 5.41) is 14.8. The average molecular weight is 323 g/mol. The number of hydrogen-bond donors (Lipinski definition) is 2. The van der Waals surface area contributed by atoms with Gasteiger partial charge < -0.3 is 19.7 Å². The second kappa shape index (κ2) is 7.26. The lowest BCUT2D eigenvalue weighted by Gasteiger charge is -2.21. The minimum absolute atomic E-state index is 0.429. The highest BCUT2D eigenvalue weighted by Gasteiger charge is 2.26. The van der Waals surface area contributed by atoms with Crippen molar-refractivity contribution in [2.45, 2.75) is 39.8 Å². The molecular weight excluding hydrogens is 298 g/mol. The third-order valence-electron chi connectivity index (χ3n) is 3.61. The van der Waals surface area contributed by atoms with Crippen molar-refractivity contribution in [1.82, 2.24) is 10.3 Å². The lowest BCUT2D eigenvalue weighted by molar-refractivity contribution is 0.0333. The molecule has 6 heteroatoms. The van der Waals surface area contributed by atoms with Crippen molar-refractivity contribution in [3.8, 4) is 0 Å². The number of nitrogens with one attached hydrogen (secondary N) is 1. The quantitative estimate of drug-likeness (QED) is 0.782. The number of rotatable bonds is 8. The predicted octanol–water partition coefficient (Wildman–Crippen LogP) is 2.89. The summed E-state index contributed by atoms with van der Waals surface area (Å²) in [4.78, 5) is 7.85. The lowest BCUT2D eigenvalue weighted by atomic mass is 10.0. The minimum atomic E-state index is -1.01. The second-order valence-electron chi connectivity index (χ2n) is 5.57. The summed E-state index contributed by atoms with van der Waals surface area (Å²) in [5.74, 6) is 1.40. The largest absolute Gasteiger partial charge is 0.463 e. The van der Waals surface area contributed by atoms with E-state index in [1.54, 1.807) is 18.3 Å². The number of nitrogens with zero attached hydrogens (tertiary/aromatic N) is 2. The van der Waals surface area contributed by atoms with Crippen molar-refractivity contribution in [3.63, 3.8) is 0 Å². The van der Waals surface area contributed by atoms with Crippen LogP contribution < -0.4 is 10.2 Å². The third-order valence-corrected chi connectivity index (χ3v) is 4.67. The molecule has 0 saturated heterocycles. The van der Waals surface area contributed by atoms with Gasteiger partial charge in [0.1, 0.15) is 17.1 Å². The number of anilines is 1. The molecule has 0 bridgehead atoms. The molecule has 0 aliphatic rings. The topological polar surface area (TPSA) is 61.5 Å². The maximum Gasteiger partial charge on any atom is 0.185 e. The first-order valence-electron chi connectivity index (χ1n) is 7.66. The molecular formula is C16H25N3O2S. The number of aliphatic hydroxyl groups is 1. The number of hydrogen-bond acceptors (Lipinski definition) is 6. The number of furan rings is 1. The molecule has 0 saturated carbocycles. The Morgan fingerprint density at radius 3 is 2.68 bits per heavy atom. The summed E-state index contributed by atoms with van der Waals surface area (Å²) in [6.45, 7) is 10.9. The third kappa shape index (κ3) is 4.09. The van der Waals surface area contributed by atoms with E-state index in [1.807, 2.05) is 25.3 Å². The van der Waals surface area contributed by atoms with Gasteiger partial charge in [-0.15, -0.1) is 11.3 Å². The van der Waals surface area contributed by atoms with Crippen molar-refractivity contribution in [2.24, 2.45) is 0 Å². The van der Waals surface area contributed by atoms with Crippen molar-refractivity contribution in [2.75, 3.05) is 24.5 Å². The first-order chi connectivity index (χ1) is 10.5. The van der Waals surface area contributed by atoms with Crippen LogP contribution in [0.5, 0.6) is 0 Å². The molecule has 1 atom stereocenters. The van der Waals surface area contributed by atoms with Gasteiger partial charge in [-0.25, -0.2) is 4.98 Å². The Balaban J connectivity index is 1.88. The van der Waals surface area contributed by atoms with E-state index in [1.165, 1.54) is 0 Å². The summed E-state index contributed by atoms with van der Waals surface area (Å²) < 4.78 is 5.51. The Morgan fingerprint density at radius 1 is 1.36 bits per heavy atom. The Morgan fingerprint density at radius 2 is 2.09 bits per heavy atom. The van der Waals surface area contributed by atoms with Gasteiger partial charge in [-0.3, -0.25) is 0 Å². The van der Waals surface area contributed by atoms with Gasteiger partial charge in [0.05, 0.1) is 0 Å². The molecule has 0 radical (unpaired) electrons. The molecule has 0 fully saturated rings. The minimum Gasteiger partial charge on any atom is -0.463 e. The SMILES string of the molecule is CCN(CC)c1ncc(CNCC(C)(O)c2ccc(C)o2)s1. The molecule has 0 spiro atoms. The molecule has 2 heterocycles. The maximum atomic E-state index is 10.5. The van der Waals surface area contributed by atoms with E-state index in [9.17, 15) is 5.11 Å². The number of thiazole rings is 1. The lowest BCUT2D eigenvalue weighted by Crippen LogP contribution is -2.34. The molecule has 5 nitrogen and oxygen atoms in total. The maximum absolute atomic E-state index is 10.5. The van der Waals surface area contributed by atoms with Gasteiger partial charge in [0.15, 0.2) is 5.13 Å². The molecule has 22 heavy (non-hydrogen) atoms. The summed E-state index contributed by atoms with van der Waals surface area (Å²) in [6, 6.07) is 3.69. The zero-order chi connectivity index (χ0) is 16.2. The number of aromatic nitrogens is 1. The molecule has 0 aromatic carbocycles. The predicted molar refractivity (Wildman–Crippen MR) is 90.4 cm³/mol. The summed E-state index contributed by atoms with van der Waals surface area (Å²) >= 11 is 1.69. The van der Waals surface area contributed by atoms with Gasteiger partial charge in [-0.2, -0.15) is 0 Å². The molecule has 1 unspecified atom stereocenters. The van der Waals surface area contributed by atoms with E-state index in [0.29, 0.717) is 18.8 Å². The monoisotopic (exact) mass is 323 g/mol. The van der Waals surface area contributed by atoms with Crippen LogP contribution in [-0.2, 0) is 12.1 Å². The van der Waals surface area contributed by atoms with Crippen LogP contribution in [0.25, 0.3) is 0 Å². The fraction of sp³-hybridized carbons (Fsp3) is 0.562. The van der Waals surface area contributed by atoms with Crippen LogP contribution in [0.3, 0.4) is 0 Å². The van der Waals surface area contributed by atoms with E-state index in [-0.39, 0.29) is 0 Å². The normalized spacial score (nSPS) is 14.0. The average Bonchev–Trinajstić information content (AvgIpc) is 3.10. The summed E-state index contributed by atoms with van der Waals surface area (Å²) in [7, 11) is 0. The first kappa shape index (κ1) is 17.0. The van der Waals surface area contributed by atoms with Gasteiger partial charge >= 0.3 is 0 Å². The van der Waals surface area contributed by atoms with Crippen molar-refractivity contribution < 1.29 is 9.52 Å². The van der Waals surface area contributed by atoms with E-state index >= 15 is 0 Å². The van der Waals surface area contributed by atoms with Crippen LogP contribution in [0.2, 0.25) is 0 Å². The molecule has 2 rings (SSSR count). The Hall–Kier alpha value is -1.37. The molecule has 0 aliphatic carbocycles. The van der Waals surface area contributed by atoms with Gasteiger partial charge in [-0.1, -0.05) is 0 Å². The van der Waals surface area contributed by atoms with Crippen LogP contribution in [0, 0.1) is 6.92 Å². The van der Waals surface area contributed by atoms with Gasteiger partial charge in [0, 0.05) is 37.3 Å². The Bertz CT molecular complexity index is 588. The summed E-state index contributed by atoms with van der Waals surface area (Å²) in [6.07, 6.45) is 1.90. The fourth-order valence-electron chi connectivity index (χ4n) is 2.26. The zero-order valence-corrected chi connectivity index (χ0v) is 14.5. The standard InChI is InChI=1S/C16H25N3O2S/c1-5-19(6-2)15-18-10-13(22-15)9-17-11-16(4,20)14-8-7-12(3)21-14/h7-8,10,17,20H,5-6,9,11H2,1-4H3. The van der Waals surface area contributed by atoms with E-state index in [4.69, 9.17) is 4.42 Å². The molecule has 122 valence electrons. The van der Waals surface area contributed by atoms with Crippen LogP contribution >= 0.6 is 11.3 Å². The molecule has 2 aromatic heterocycles. The van der Waals surface area contributed by atoms with Gasteiger partial charge in [0.2, 0.25) is 0 Å². The van der Waals surface area contributed by atoms with Crippen LogP contribution in [0.4, 0.5) is 5.13 Å². The molecule has 2 aromatic rings. The second-order valence-corrected chi connectivity index (χ2v) is 6.66. The van der Waals surface area contributed by atoms with Crippen molar-refractivity contribution in [3.05, 3.63) is 34.7 Å². The van der Waals surface area contributed by atoms with Crippen molar-refractivity contribution in [1.29, 1.82) is 0 Å². The smallest absolute Gasteiger partial charge is 0.185 e. The molecule has 0 aliphatic heterocycles. The van der Waals surface area contributed by atoms with Crippen LogP contribution in [0.1, 0.15) is 37.2 Å². The number of aryl methyl sites for hydroxylation is 1. The zero-order valence-electron chi connectivity index (χ0n) is 13.7. The van der Waals surface area contributed by atoms with Crippen LogP contribution in [-0.4, -0.2) is 29.7 Å². The Kier molecular flexibility index (Phi) is 5.61. The van der Waals surface area contributed by atoms with Crippen LogP contribution in [0.15, 0.2) is 22.7 Å². The first-order valence-corrected chi connectivity index (χ1v) is 8.47. The molecule has 0 amide bonds. The van der Waals surface area contributed by atoms with E-state index in [0.717, 1.165) is 28.9 Å². The highest BCUT2D eigenvalue weighted by atomic mass is 32.1. The highest BCUT2D eigenvalue weighted by molar-refractivity contribution is 7.15. The Labute approximate surface area is 136 Å². The van der Waals surface area contributed by atoms with E-state index in [2.05, 4.69) is 29.0 Å². The van der Waals surface area contributed by atoms with Gasteiger partial charge in [0.25, 0.3) is 0 Å². The van der Waals surface area contributed by atoms with Gasteiger partial charge in [-0.05, 0) is 39.8 Å². The molecule has 2 N–H and O–H groups in total. The highest BCUT2D eigenvalue weighted by Crippen LogP contribution is 2.24. The van der Waals surface area contributed by atoms with Crippen molar-refractivity contribution >= 4 is 16.5 Å². The van der Waals surface area contributed by atoms with E-state index < -0.39 is 5.60 Å². The fourth-order valence-corrected chi connectivity index (χ4v) is 3.27.